The number of nitrogens with one attached hydrogen (secondary N) is 1. The fourth-order valence-corrected chi connectivity index (χ4v) is 8.18. The van der Waals surface area contributed by atoms with Crippen LogP contribution in [0.5, 0.6) is 0 Å². The second-order valence-electron chi connectivity index (χ2n) is 18.7. The first kappa shape index (κ1) is 62.3. The molecule has 0 heterocycles. The average Bonchev–Trinajstić information content (AvgIpc) is 3.30. The highest BCUT2D eigenvalue weighted by molar-refractivity contribution is 5.77. The van der Waals surface area contributed by atoms with Gasteiger partial charge < -0.3 is 20.3 Å². The summed E-state index contributed by atoms with van der Waals surface area (Å²) < 4.78 is 5.93. The summed E-state index contributed by atoms with van der Waals surface area (Å²) in [7, 11) is 0. The predicted molar refractivity (Wildman–Crippen MR) is 282 cm³/mol. The molecule has 0 spiro atoms. The molecule has 0 aromatic carbocycles. The smallest absolute Gasteiger partial charge is 0.306 e. The molecule has 3 N–H and O–H groups in total. The van der Waals surface area contributed by atoms with E-state index in [9.17, 15) is 19.8 Å². The van der Waals surface area contributed by atoms with Gasteiger partial charge >= 0.3 is 5.97 Å². The number of ether oxygens (including phenoxy) is 1. The van der Waals surface area contributed by atoms with Crippen molar-refractivity contribution in [1.29, 1.82) is 0 Å². The van der Waals surface area contributed by atoms with Gasteiger partial charge in [-0.25, -0.2) is 0 Å². The first-order valence-electron chi connectivity index (χ1n) is 27.7. The lowest BCUT2D eigenvalue weighted by Crippen LogP contribution is -2.46. The third-order valence-electron chi connectivity index (χ3n) is 12.4. The first-order chi connectivity index (χ1) is 32.0. The Morgan fingerprint density at radius 2 is 0.892 bits per heavy atom. The largest absolute Gasteiger partial charge is 0.462 e. The van der Waals surface area contributed by atoms with Crippen molar-refractivity contribution in [2.24, 2.45) is 0 Å². The molecule has 0 aliphatic carbocycles. The van der Waals surface area contributed by atoms with Crippen LogP contribution in [0.2, 0.25) is 0 Å². The molecular formula is C59H105NO5. The molecular weight excluding hydrogens is 803 g/mol. The number of amides is 1. The number of aliphatic hydroxyl groups excluding tert-OH is 2. The van der Waals surface area contributed by atoms with Crippen LogP contribution in [0.25, 0.3) is 0 Å². The number of carbonyl (C=O) groups excluding carboxylic acids is 2. The Kier molecular flexibility index (Phi) is 50.1. The number of rotatable bonds is 49. The van der Waals surface area contributed by atoms with E-state index in [2.05, 4.69) is 74.7 Å². The summed E-state index contributed by atoms with van der Waals surface area (Å²) in [6.07, 6.45) is 66.8. The molecule has 376 valence electrons. The van der Waals surface area contributed by atoms with Crippen LogP contribution >= 0.6 is 0 Å². The highest BCUT2D eigenvalue weighted by Gasteiger charge is 2.24. The van der Waals surface area contributed by atoms with Crippen LogP contribution in [-0.2, 0) is 14.3 Å². The summed E-state index contributed by atoms with van der Waals surface area (Å²) in [6.45, 7) is 6.32. The second-order valence-corrected chi connectivity index (χ2v) is 18.7. The van der Waals surface area contributed by atoms with Crippen molar-refractivity contribution in [2.75, 3.05) is 6.61 Å². The van der Waals surface area contributed by atoms with E-state index in [1.54, 1.807) is 0 Å². The molecule has 0 aliphatic heterocycles. The maximum Gasteiger partial charge on any atom is 0.306 e. The number of esters is 1. The number of unbranched alkanes of at least 4 members (excludes halogenated alkanes) is 28. The zero-order valence-electron chi connectivity index (χ0n) is 42.9. The number of aliphatic hydroxyl groups is 2. The Morgan fingerprint density at radius 3 is 1.43 bits per heavy atom. The van der Waals surface area contributed by atoms with E-state index >= 15 is 0 Å². The van der Waals surface area contributed by atoms with Gasteiger partial charge in [-0.3, -0.25) is 9.59 Å². The van der Waals surface area contributed by atoms with Crippen molar-refractivity contribution < 1.29 is 24.5 Å². The first-order valence-corrected chi connectivity index (χ1v) is 27.7. The molecule has 6 nitrogen and oxygen atoms in total. The number of hydrogen-bond acceptors (Lipinski definition) is 5. The molecule has 0 saturated carbocycles. The molecule has 0 rings (SSSR count). The number of allylic oxidation sites excluding steroid dienone is 12. The van der Waals surface area contributed by atoms with E-state index in [-0.39, 0.29) is 24.9 Å². The molecule has 0 aliphatic rings. The molecule has 0 radical (unpaired) electrons. The van der Waals surface area contributed by atoms with E-state index in [0.29, 0.717) is 19.3 Å². The fraction of sp³-hybridized carbons (Fsp3) is 0.763. The standard InChI is InChI=1S/C59H105NO5/c1-4-7-10-13-16-19-22-25-27-29-31-34-37-40-43-46-49-52-59(64)65-55(50-47-44-41-38-35-32-24-21-18-15-12-9-6-3)53-58(63)60-56(54-61)57(62)51-48-45-42-39-36-33-30-28-26-23-20-17-14-11-8-5-2/h9,12,15-16,18-19,21,24-25,27,32,35,55-57,61-62H,4-8,10-11,13-14,17,20,22-23,26,28-31,33-34,36-54H2,1-3H3,(H,60,63)/b12-9+,18-15+,19-16-,24-21+,27-25-,35-32-. The van der Waals surface area contributed by atoms with Gasteiger partial charge in [-0.1, -0.05) is 248 Å². The maximum atomic E-state index is 13.2. The van der Waals surface area contributed by atoms with Gasteiger partial charge in [0.2, 0.25) is 5.91 Å². The Morgan fingerprint density at radius 1 is 0.477 bits per heavy atom. The Hall–Kier alpha value is -2.70. The topological polar surface area (TPSA) is 95.9 Å². The molecule has 1 amide bonds. The summed E-state index contributed by atoms with van der Waals surface area (Å²) in [6, 6.07) is -0.719. The van der Waals surface area contributed by atoms with Crippen LogP contribution in [0.1, 0.15) is 265 Å². The second kappa shape index (κ2) is 52.3. The van der Waals surface area contributed by atoms with Crippen LogP contribution in [-0.4, -0.2) is 46.9 Å². The Labute approximate surface area is 402 Å². The van der Waals surface area contributed by atoms with Crippen LogP contribution in [0.15, 0.2) is 72.9 Å². The van der Waals surface area contributed by atoms with Gasteiger partial charge in [0.15, 0.2) is 0 Å². The lowest BCUT2D eigenvalue weighted by atomic mass is 10.0. The van der Waals surface area contributed by atoms with E-state index in [4.69, 9.17) is 4.74 Å². The maximum absolute atomic E-state index is 13.2. The van der Waals surface area contributed by atoms with Gasteiger partial charge in [-0.15, -0.1) is 0 Å². The molecule has 6 heteroatoms. The highest BCUT2D eigenvalue weighted by atomic mass is 16.5. The fourth-order valence-electron chi connectivity index (χ4n) is 8.18. The van der Waals surface area contributed by atoms with E-state index in [0.717, 1.165) is 83.5 Å². The lowest BCUT2D eigenvalue weighted by Gasteiger charge is -2.24. The summed E-state index contributed by atoms with van der Waals surface area (Å²) in [4.78, 5) is 26.2. The zero-order valence-corrected chi connectivity index (χ0v) is 42.9. The molecule has 3 atom stereocenters. The average molecular weight is 908 g/mol. The molecule has 0 fully saturated rings. The van der Waals surface area contributed by atoms with E-state index in [1.807, 2.05) is 24.3 Å². The van der Waals surface area contributed by atoms with Crippen LogP contribution in [0, 0.1) is 0 Å². The lowest BCUT2D eigenvalue weighted by molar-refractivity contribution is -0.151. The monoisotopic (exact) mass is 908 g/mol. The number of carbonyl (C=O) groups is 2. The third-order valence-corrected chi connectivity index (χ3v) is 12.4. The van der Waals surface area contributed by atoms with Gasteiger partial charge in [0.05, 0.1) is 25.2 Å². The minimum Gasteiger partial charge on any atom is -0.462 e. The van der Waals surface area contributed by atoms with Gasteiger partial charge in [0.25, 0.3) is 0 Å². The minimum absolute atomic E-state index is 0.0462. The highest BCUT2D eigenvalue weighted by Crippen LogP contribution is 2.18. The van der Waals surface area contributed by atoms with Crippen molar-refractivity contribution in [3.05, 3.63) is 72.9 Å². The van der Waals surface area contributed by atoms with E-state index in [1.165, 1.54) is 135 Å². The van der Waals surface area contributed by atoms with Crippen LogP contribution in [0.3, 0.4) is 0 Å². The predicted octanol–water partition coefficient (Wildman–Crippen LogP) is 17.0. The van der Waals surface area contributed by atoms with Crippen molar-refractivity contribution in [2.45, 2.75) is 283 Å². The van der Waals surface area contributed by atoms with Crippen molar-refractivity contribution in [3.8, 4) is 0 Å². The molecule has 0 aromatic heterocycles. The molecule has 0 aromatic rings. The Bertz CT molecular complexity index is 1200. The summed E-state index contributed by atoms with van der Waals surface area (Å²) >= 11 is 0. The molecule has 0 bridgehead atoms. The summed E-state index contributed by atoms with van der Waals surface area (Å²) in [5.74, 6) is -0.520. The minimum atomic E-state index is -0.803. The molecule has 0 saturated heterocycles. The number of hydrogen-bond donors (Lipinski definition) is 3. The van der Waals surface area contributed by atoms with Crippen molar-refractivity contribution >= 4 is 11.9 Å². The summed E-state index contributed by atoms with van der Waals surface area (Å²) in [5, 5.41) is 23.8. The zero-order chi connectivity index (χ0) is 47.4. The van der Waals surface area contributed by atoms with Crippen LogP contribution in [0.4, 0.5) is 0 Å². The van der Waals surface area contributed by atoms with Crippen molar-refractivity contribution in [1.82, 2.24) is 5.32 Å². The van der Waals surface area contributed by atoms with Gasteiger partial charge in [0, 0.05) is 6.42 Å². The van der Waals surface area contributed by atoms with Gasteiger partial charge in [-0.05, 0) is 77.0 Å². The van der Waals surface area contributed by atoms with Gasteiger partial charge in [0.1, 0.15) is 6.10 Å². The van der Waals surface area contributed by atoms with Gasteiger partial charge in [-0.2, -0.15) is 0 Å². The van der Waals surface area contributed by atoms with E-state index < -0.39 is 18.2 Å². The Balaban J connectivity index is 4.58. The normalized spacial score (nSPS) is 13.7. The van der Waals surface area contributed by atoms with Crippen molar-refractivity contribution in [3.63, 3.8) is 0 Å². The molecule has 65 heavy (non-hydrogen) atoms. The van der Waals surface area contributed by atoms with Crippen LogP contribution < -0.4 is 5.32 Å². The summed E-state index contributed by atoms with van der Waals surface area (Å²) in [5.41, 5.74) is 0. The quantitative estimate of drug-likeness (QED) is 0.0245. The third kappa shape index (κ3) is 47.6. The SMILES string of the molecule is CC/C=C/C=C/C=C/C=C\CCCCCC(CC(=O)NC(CO)C(O)CCCCCCCCCCCCCCCCCC)OC(=O)CCCCCCCCC/C=C\C/C=C\CCCCC. The molecule has 3 unspecified atom stereocenters.